The van der Waals surface area contributed by atoms with Crippen molar-refractivity contribution >= 4 is 22.5 Å². The second-order valence-corrected chi connectivity index (χ2v) is 7.38. The van der Waals surface area contributed by atoms with Crippen molar-refractivity contribution in [3.63, 3.8) is 0 Å². The van der Waals surface area contributed by atoms with Crippen molar-refractivity contribution in [3.05, 3.63) is 95.1 Å². The smallest absolute Gasteiger partial charge is 0.322 e. The zero-order chi connectivity index (χ0) is 22.2. The molecule has 1 amide bonds. The number of anilines is 1. The molecule has 0 spiro atoms. The predicted octanol–water partition coefficient (Wildman–Crippen LogP) is 6.79. The van der Waals surface area contributed by atoms with Gasteiger partial charge in [-0.15, -0.1) is 0 Å². The third-order valence-electron chi connectivity index (χ3n) is 5.14. The van der Waals surface area contributed by atoms with Gasteiger partial charge >= 0.3 is 6.18 Å². The number of amides is 1. The molecule has 0 fully saturated rings. The molecule has 0 saturated carbocycles. The van der Waals surface area contributed by atoms with Crippen molar-refractivity contribution < 1.29 is 18.0 Å². The number of alkyl halides is 3. The Morgan fingerprint density at radius 2 is 1.61 bits per heavy atom. The highest BCUT2D eigenvalue weighted by Crippen LogP contribution is 2.32. The number of carbonyl (C=O) groups is 1. The first-order valence-electron chi connectivity index (χ1n) is 9.69. The van der Waals surface area contributed by atoms with Crippen LogP contribution in [-0.2, 0) is 6.18 Å². The zero-order valence-electron chi connectivity index (χ0n) is 16.9. The van der Waals surface area contributed by atoms with Crippen LogP contribution >= 0.6 is 0 Å². The first kappa shape index (κ1) is 20.6. The highest BCUT2D eigenvalue weighted by Gasteiger charge is 2.30. The number of halogens is 3. The van der Waals surface area contributed by atoms with Crippen molar-refractivity contribution in [2.75, 3.05) is 5.32 Å². The lowest BCUT2D eigenvalue weighted by Gasteiger charge is -2.15. The van der Waals surface area contributed by atoms with Gasteiger partial charge < -0.3 is 5.32 Å². The van der Waals surface area contributed by atoms with E-state index in [0.29, 0.717) is 27.7 Å². The van der Waals surface area contributed by atoms with E-state index in [1.54, 1.807) is 19.1 Å². The summed E-state index contributed by atoms with van der Waals surface area (Å²) in [5.41, 5.74) is 3.57. The summed E-state index contributed by atoms with van der Waals surface area (Å²) >= 11 is 0. The van der Waals surface area contributed by atoms with E-state index in [-0.39, 0.29) is 5.69 Å². The number of pyridine rings is 1. The molecule has 0 bridgehead atoms. The lowest BCUT2D eigenvalue weighted by Crippen LogP contribution is -2.16. The molecule has 1 heterocycles. The van der Waals surface area contributed by atoms with E-state index < -0.39 is 17.6 Å². The number of aryl methyl sites for hydroxylation is 1. The van der Waals surface area contributed by atoms with Crippen LogP contribution in [0.4, 0.5) is 18.9 Å². The molecule has 31 heavy (non-hydrogen) atoms. The topological polar surface area (TPSA) is 42.0 Å². The minimum absolute atomic E-state index is 0.0806. The van der Waals surface area contributed by atoms with E-state index in [1.165, 1.54) is 12.1 Å². The Morgan fingerprint density at radius 3 is 2.32 bits per heavy atom. The quantitative estimate of drug-likeness (QED) is 0.396. The molecule has 0 unspecified atom stereocenters. The lowest BCUT2D eigenvalue weighted by molar-refractivity contribution is -0.137. The van der Waals surface area contributed by atoms with E-state index in [1.807, 2.05) is 43.3 Å². The number of hydrogen-bond acceptors (Lipinski definition) is 2. The maximum absolute atomic E-state index is 13.2. The summed E-state index contributed by atoms with van der Waals surface area (Å²) in [5, 5.41) is 3.26. The van der Waals surface area contributed by atoms with Gasteiger partial charge in [-0.25, -0.2) is 4.98 Å². The Labute approximate surface area is 177 Å². The van der Waals surface area contributed by atoms with Crippen LogP contribution in [0, 0.1) is 13.8 Å². The molecule has 0 radical (unpaired) electrons. The van der Waals surface area contributed by atoms with Crippen LogP contribution in [0.25, 0.3) is 22.2 Å². The molecule has 0 atom stereocenters. The molecule has 156 valence electrons. The molecule has 3 nitrogen and oxygen atoms in total. The first-order valence-corrected chi connectivity index (χ1v) is 9.69. The molecule has 0 aliphatic carbocycles. The highest BCUT2D eigenvalue weighted by atomic mass is 19.4. The van der Waals surface area contributed by atoms with E-state index in [9.17, 15) is 18.0 Å². The summed E-state index contributed by atoms with van der Waals surface area (Å²) in [5.74, 6) is -0.483. The van der Waals surface area contributed by atoms with E-state index >= 15 is 0 Å². The Morgan fingerprint density at radius 1 is 0.903 bits per heavy atom. The van der Waals surface area contributed by atoms with Crippen molar-refractivity contribution in [2.45, 2.75) is 20.0 Å². The van der Waals surface area contributed by atoms with Crippen LogP contribution in [0.5, 0.6) is 0 Å². The molecule has 0 aliphatic rings. The van der Waals surface area contributed by atoms with Crippen LogP contribution in [0.2, 0.25) is 0 Å². The van der Waals surface area contributed by atoms with Crippen molar-refractivity contribution in [3.8, 4) is 11.3 Å². The van der Waals surface area contributed by atoms with Gasteiger partial charge in [-0.3, -0.25) is 4.79 Å². The summed E-state index contributed by atoms with van der Waals surface area (Å²) < 4.78 is 39.1. The van der Waals surface area contributed by atoms with Crippen LogP contribution in [0.1, 0.15) is 27.0 Å². The molecule has 3 aromatic carbocycles. The molecule has 1 aromatic heterocycles. The standard InChI is InChI=1S/C25H19F3N2O/c1-15-10-12-17(13-11-15)23-16(2)22(20-8-3-4-9-21(20)30-23)24(31)29-19-7-5-6-18(14-19)25(26,27)28/h3-14H,1-2H3,(H,29,31). The Bertz CT molecular complexity index is 1280. The maximum atomic E-state index is 13.2. The average Bonchev–Trinajstić information content (AvgIpc) is 2.73. The Kier molecular flexibility index (Phi) is 5.23. The third-order valence-corrected chi connectivity index (χ3v) is 5.14. The van der Waals surface area contributed by atoms with Gasteiger partial charge in [-0.2, -0.15) is 13.2 Å². The van der Waals surface area contributed by atoms with Crippen LogP contribution < -0.4 is 5.32 Å². The van der Waals surface area contributed by atoms with Gasteiger partial charge in [-0.1, -0.05) is 54.1 Å². The minimum Gasteiger partial charge on any atom is -0.322 e. The van der Waals surface area contributed by atoms with Gasteiger partial charge in [0.05, 0.1) is 22.3 Å². The molecule has 0 saturated heterocycles. The molecule has 6 heteroatoms. The van der Waals surface area contributed by atoms with Crippen LogP contribution in [-0.4, -0.2) is 10.9 Å². The predicted molar refractivity (Wildman–Crippen MR) is 116 cm³/mol. The highest BCUT2D eigenvalue weighted by molar-refractivity contribution is 6.14. The SMILES string of the molecule is Cc1ccc(-c2nc3ccccc3c(C(=O)Nc3cccc(C(F)(F)F)c3)c2C)cc1. The maximum Gasteiger partial charge on any atom is 0.416 e. The number of carbonyl (C=O) groups excluding carboxylic acids is 1. The van der Waals surface area contributed by atoms with E-state index in [4.69, 9.17) is 4.98 Å². The minimum atomic E-state index is -4.49. The molecule has 4 rings (SSSR count). The first-order chi connectivity index (χ1) is 14.7. The average molecular weight is 420 g/mol. The van der Waals surface area contributed by atoms with Gasteiger partial charge in [0.25, 0.3) is 5.91 Å². The van der Waals surface area contributed by atoms with Crippen molar-refractivity contribution in [1.82, 2.24) is 4.98 Å². The Hall–Kier alpha value is -3.67. The Balaban J connectivity index is 1.82. The summed E-state index contributed by atoms with van der Waals surface area (Å²) in [6.07, 6.45) is -4.49. The molecule has 4 aromatic rings. The van der Waals surface area contributed by atoms with Gasteiger partial charge in [0.2, 0.25) is 0 Å². The number of nitrogens with zero attached hydrogens (tertiary/aromatic N) is 1. The second-order valence-electron chi connectivity index (χ2n) is 7.38. The second kappa shape index (κ2) is 7.87. The van der Waals surface area contributed by atoms with E-state index in [2.05, 4.69) is 5.32 Å². The van der Waals surface area contributed by atoms with Crippen LogP contribution in [0.3, 0.4) is 0 Å². The van der Waals surface area contributed by atoms with E-state index in [0.717, 1.165) is 23.3 Å². The fourth-order valence-corrected chi connectivity index (χ4v) is 3.56. The summed E-state index contributed by atoms with van der Waals surface area (Å²) in [4.78, 5) is 18.0. The number of nitrogens with one attached hydrogen (secondary N) is 1. The summed E-state index contributed by atoms with van der Waals surface area (Å²) in [6, 6.07) is 19.6. The van der Waals surface area contributed by atoms with Gasteiger partial charge in [0.15, 0.2) is 0 Å². The largest absolute Gasteiger partial charge is 0.416 e. The number of hydrogen-bond donors (Lipinski definition) is 1. The number of rotatable bonds is 3. The number of aromatic nitrogens is 1. The fourth-order valence-electron chi connectivity index (χ4n) is 3.56. The molecule has 0 aliphatic heterocycles. The molecule has 1 N–H and O–H groups in total. The van der Waals surface area contributed by atoms with Crippen molar-refractivity contribution in [2.24, 2.45) is 0 Å². The van der Waals surface area contributed by atoms with Crippen molar-refractivity contribution in [1.29, 1.82) is 0 Å². The summed E-state index contributed by atoms with van der Waals surface area (Å²) in [7, 11) is 0. The van der Waals surface area contributed by atoms with Gasteiger partial charge in [0, 0.05) is 16.6 Å². The monoisotopic (exact) mass is 420 g/mol. The van der Waals surface area contributed by atoms with Crippen LogP contribution in [0.15, 0.2) is 72.8 Å². The third kappa shape index (κ3) is 4.14. The molecular weight excluding hydrogens is 401 g/mol. The van der Waals surface area contributed by atoms with Gasteiger partial charge in [-0.05, 0) is 43.7 Å². The summed E-state index contributed by atoms with van der Waals surface area (Å²) in [6.45, 7) is 3.79. The number of fused-ring (bicyclic) bond motifs is 1. The lowest BCUT2D eigenvalue weighted by atomic mass is 9.96. The molecular formula is C25H19F3N2O. The zero-order valence-corrected chi connectivity index (χ0v) is 16.9. The van der Waals surface area contributed by atoms with Gasteiger partial charge in [0.1, 0.15) is 0 Å². The fraction of sp³-hybridized carbons (Fsp3) is 0.120. The number of benzene rings is 3. The normalized spacial score (nSPS) is 11.5. The number of para-hydroxylation sites is 1.